The zero-order valence-electron chi connectivity index (χ0n) is 5.37. The first-order chi connectivity index (χ1) is 4.61. The molecule has 0 aliphatic heterocycles. The third-order valence-corrected chi connectivity index (χ3v) is 1.45. The van der Waals surface area contributed by atoms with Crippen molar-refractivity contribution in [3.05, 3.63) is 29.6 Å². The number of halogens is 4. The Morgan fingerprint density at radius 3 is 1.73 bits per heavy atom. The summed E-state index contributed by atoms with van der Waals surface area (Å²) >= 11 is 1.30. The normalized spacial score (nSPS) is 9.18. The molecule has 0 radical (unpaired) electrons. The van der Waals surface area contributed by atoms with Crippen molar-refractivity contribution in [1.82, 2.24) is 0 Å². The molecular weight excluding hydrogens is 189 g/mol. The van der Waals surface area contributed by atoms with E-state index in [9.17, 15) is 13.2 Å². The van der Waals surface area contributed by atoms with Gasteiger partial charge in [-0.15, -0.1) is 0 Å². The van der Waals surface area contributed by atoms with Gasteiger partial charge in [0.05, 0.1) is 0 Å². The summed E-state index contributed by atoms with van der Waals surface area (Å²) in [5.41, 5.74) is 0. The fourth-order valence-electron chi connectivity index (χ4n) is 0.608. The van der Waals surface area contributed by atoms with Crippen LogP contribution in [0.15, 0.2) is 12.1 Å². The van der Waals surface area contributed by atoms with Crippen molar-refractivity contribution >= 4 is 25.4 Å². The molecule has 0 bridgehead atoms. The first-order valence-corrected chi connectivity index (χ1v) is 3.28. The van der Waals surface area contributed by atoms with E-state index < -0.39 is 17.5 Å². The summed E-state index contributed by atoms with van der Waals surface area (Å²) in [4.78, 5) is 0. The van der Waals surface area contributed by atoms with Crippen LogP contribution in [0.4, 0.5) is 13.2 Å². The number of rotatable bonds is 0. The smallest absolute Gasteiger partial charge is 1.00 e. The minimum absolute atomic E-state index is 0. The molecule has 0 atom stereocenters. The van der Waals surface area contributed by atoms with Crippen LogP contribution in [0.3, 0.4) is 0 Å². The van der Waals surface area contributed by atoms with E-state index in [0.717, 1.165) is 12.1 Å². The van der Waals surface area contributed by atoms with E-state index in [1.54, 1.807) is 0 Å². The van der Waals surface area contributed by atoms with Gasteiger partial charge in [-0.05, 0) is 0 Å². The van der Waals surface area contributed by atoms with Crippen molar-refractivity contribution in [3.63, 3.8) is 0 Å². The van der Waals surface area contributed by atoms with Gasteiger partial charge < -0.3 is 12.4 Å². The molecule has 0 saturated heterocycles. The average molecular weight is 191 g/mol. The maximum Gasteiger partial charge on any atom is -1.00 e. The third kappa shape index (κ3) is 2.54. The van der Waals surface area contributed by atoms with Crippen LogP contribution in [0.5, 0.6) is 0 Å². The molecule has 0 heterocycles. The van der Waals surface area contributed by atoms with E-state index in [-0.39, 0.29) is 12.4 Å². The number of hydrogen-bond acceptors (Lipinski definition) is 0. The van der Waals surface area contributed by atoms with Crippen molar-refractivity contribution in [1.29, 1.82) is 0 Å². The van der Waals surface area contributed by atoms with E-state index in [0.29, 0.717) is 3.69 Å². The van der Waals surface area contributed by atoms with Crippen LogP contribution >= 0.6 is 0 Å². The van der Waals surface area contributed by atoms with Gasteiger partial charge in [0.25, 0.3) is 0 Å². The van der Waals surface area contributed by atoms with Crippen LogP contribution < -0.4 is 16.1 Å². The molecule has 56 valence electrons. The molecule has 0 amide bonds. The molecule has 0 N–H and O–H groups in total. The van der Waals surface area contributed by atoms with Crippen LogP contribution in [0, 0.1) is 17.5 Å². The Morgan fingerprint density at radius 2 is 1.36 bits per heavy atom. The monoisotopic (exact) mass is 190 g/mol. The van der Waals surface area contributed by atoms with Crippen LogP contribution in [0.1, 0.15) is 0 Å². The van der Waals surface area contributed by atoms with Gasteiger partial charge in [0.15, 0.2) is 0 Å². The minimum atomic E-state index is -1.41. The fraction of sp³-hybridized carbons (Fsp3) is 0. The molecule has 0 aliphatic carbocycles. The molecule has 1 aromatic carbocycles. The van der Waals surface area contributed by atoms with Crippen LogP contribution in [0.25, 0.3) is 0 Å². The molecule has 0 spiro atoms. The molecule has 11 heavy (non-hydrogen) atoms. The van der Waals surface area contributed by atoms with Gasteiger partial charge in [-0.1, -0.05) is 0 Å². The number of hydrogen-bond donors (Lipinski definition) is 0. The summed E-state index contributed by atoms with van der Waals surface area (Å²) in [6.07, 6.45) is 0. The summed E-state index contributed by atoms with van der Waals surface area (Å²) in [5, 5.41) is 0. The Bertz CT molecular complexity index is 241. The molecule has 0 saturated carbocycles. The van der Waals surface area contributed by atoms with E-state index in [2.05, 4.69) is 0 Å². The van der Waals surface area contributed by atoms with Gasteiger partial charge in [0.1, 0.15) is 0 Å². The fourth-order valence-corrected chi connectivity index (χ4v) is 0.966. The Kier molecular flexibility index (Phi) is 4.21. The predicted octanol–water partition coefficient (Wildman–Crippen LogP) is -2.10. The Balaban J connectivity index is 0.000001000. The SMILES string of the molecule is Fc1c[c]([Mg+])cc(F)c1F.[Cl-]. The predicted molar refractivity (Wildman–Crippen MR) is 31.7 cm³/mol. The molecule has 5 heteroatoms. The quantitative estimate of drug-likeness (QED) is 0.325. The molecule has 0 fully saturated rings. The summed E-state index contributed by atoms with van der Waals surface area (Å²) in [7, 11) is 0. The summed E-state index contributed by atoms with van der Waals surface area (Å²) < 4.78 is 37.0. The summed E-state index contributed by atoms with van der Waals surface area (Å²) in [6.45, 7) is 0. The van der Waals surface area contributed by atoms with E-state index in [1.807, 2.05) is 0 Å². The molecule has 1 aromatic rings. The molecule has 0 aromatic heterocycles. The Morgan fingerprint density at radius 1 is 1.00 bits per heavy atom. The first-order valence-electron chi connectivity index (χ1n) is 2.58. The van der Waals surface area contributed by atoms with Gasteiger partial charge in [0.2, 0.25) is 0 Å². The molecular formula is C6H2ClF3Mg. The van der Waals surface area contributed by atoms with Crippen LogP contribution in [-0.2, 0) is 0 Å². The van der Waals surface area contributed by atoms with Crippen molar-refractivity contribution < 1.29 is 25.6 Å². The topological polar surface area (TPSA) is 0 Å². The molecule has 0 aliphatic rings. The third-order valence-electron chi connectivity index (χ3n) is 1.04. The first kappa shape index (κ1) is 11.1. The maximum atomic E-state index is 12.2. The second-order valence-electron chi connectivity index (χ2n) is 1.87. The molecule has 0 unspecified atom stereocenters. The Labute approximate surface area is 80.6 Å². The maximum absolute atomic E-state index is 12.2. The van der Waals surface area contributed by atoms with Gasteiger partial charge in [-0.25, -0.2) is 0 Å². The van der Waals surface area contributed by atoms with Gasteiger partial charge in [0, 0.05) is 0 Å². The molecule has 1 rings (SSSR count). The minimum Gasteiger partial charge on any atom is -1.00 e. The van der Waals surface area contributed by atoms with Crippen molar-refractivity contribution in [2.45, 2.75) is 0 Å². The summed E-state index contributed by atoms with van der Waals surface area (Å²) in [6, 6.07) is 1.91. The number of benzene rings is 1. The Hall–Kier alpha value is 0.0662. The van der Waals surface area contributed by atoms with Gasteiger partial charge in [-0.3, -0.25) is 0 Å². The standard InChI is InChI=1S/C6H2F3.ClH.Mg/c7-4-2-1-3-5(8)6(4)9;;/h2-3H;1H;/q;;+1/p-1. The van der Waals surface area contributed by atoms with Gasteiger partial charge >= 0.3 is 68.2 Å². The van der Waals surface area contributed by atoms with Gasteiger partial charge in [-0.2, -0.15) is 0 Å². The van der Waals surface area contributed by atoms with Crippen molar-refractivity contribution in [2.24, 2.45) is 0 Å². The van der Waals surface area contributed by atoms with Crippen LogP contribution in [-0.4, -0.2) is 21.7 Å². The van der Waals surface area contributed by atoms with E-state index >= 15 is 0 Å². The molecule has 0 nitrogen and oxygen atoms in total. The van der Waals surface area contributed by atoms with Crippen molar-refractivity contribution in [2.75, 3.05) is 0 Å². The van der Waals surface area contributed by atoms with E-state index in [4.69, 9.17) is 0 Å². The zero-order chi connectivity index (χ0) is 7.72. The second kappa shape index (κ2) is 4.18. The average Bonchev–Trinajstić information content (AvgIpc) is 1.82. The van der Waals surface area contributed by atoms with Crippen LogP contribution in [0.2, 0.25) is 0 Å². The second-order valence-corrected chi connectivity index (χ2v) is 2.69. The summed E-state index contributed by atoms with van der Waals surface area (Å²) in [5.74, 6) is -3.68. The largest absolute Gasteiger partial charge is 1.00 e. The zero-order valence-corrected chi connectivity index (χ0v) is 7.54. The van der Waals surface area contributed by atoms with E-state index in [1.165, 1.54) is 21.7 Å². The van der Waals surface area contributed by atoms with Crippen molar-refractivity contribution in [3.8, 4) is 0 Å².